The zero-order valence-corrected chi connectivity index (χ0v) is 19.4. The number of hydrogen-bond acceptors (Lipinski definition) is 6. The predicted molar refractivity (Wildman–Crippen MR) is 122 cm³/mol. The summed E-state index contributed by atoms with van der Waals surface area (Å²) in [6.45, 7) is 9.63. The third-order valence-electron chi connectivity index (χ3n) is 7.26. The van der Waals surface area contributed by atoms with Gasteiger partial charge in [-0.25, -0.2) is 4.98 Å². The Morgan fingerprint density at radius 3 is 2.61 bits per heavy atom. The van der Waals surface area contributed by atoms with Crippen molar-refractivity contribution in [3.05, 3.63) is 5.69 Å². The molecule has 1 aromatic rings. The van der Waals surface area contributed by atoms with E-state index >= 15 is 0 Å². The number of nitrogens with zero attached hydrogens (tertiary/aromatic N) is 4. The van der Waals surface area contributed by atoms with Crippen LogP contribution in [0.25, 0.3) is 0 Å². The standard InChI is InChI=1S/C23H36N6O2/c1-13(2)20-22(31)26-19-15(4)24-23(27-21(19)28(20)5)25-17-11-29(12-17)18(30)10-16-9-7-6-8-14(16)3/h13-14,16-17,20H,6-12H2,1-5H3,(H,26,31)(H,24,25,27). The Bertz CT molecular complexity index is 851. The van der Waals surface area contributed by atoms with Gasteiger partial charge >= 0.3 is 0 Å². The molecule has 31 heavy (non-hydrogen) atoms. The number of likely N-dealkylation sites (tertiary alicyclic amines) is 1. The molecule has 8 heteroatoms. The van der Waals surface area contributed by atoms with Crippen LogP contribution in [0.1, 0.15) is 58.6 Å². The maximum atomic E-state index is 12.7. The van der Waals surface area contributed by atoms with Crippen LogP contribution in [0.15, 0.2) is 0 Å². The average molecular weight is 429 g/mol. The Kier molecular flexibility index (Phi) is 6.08. The zero-order chi connectivity index (χ0) is 22.3. The van der Waals surface area contributed by atoms with Crippen LogP contribution in [0, 0.1) is 24.7 Å². The molecule has 1 aromatic heterocycles. The minimum atomic E-state index is -0.256. The summed E-state index contributed by atoms with van der Waals surface area (Å²) < 4.78 is 0. The van der Waals surface area contributed by atoms with Crippen LogP contribution in [0.3, 0.4) is 0 Å². The molecule has 4 rings (SSSR count). The fraction of sp³-hybridized carbons (Fsp3) is 0.739. The molecular weight excluding hydrogens is 392 g/mol. The predicted octanol–water partition coefficient (Wildman–Crippen LogP) is 3.04. The Hall–Kier alpha value is -2.38. The van der Waals surface area contributed by atoms with Gasteiger partial charge in [0.1, 0.15) is 11.7 Å². The van der Waals surface area contributed by atoms with Crippen molar-refractivity contribution >= 4 is 29.3 Å². The van der Waals surface area contributed by atoms with E-state index in [2.05, 4.69) is 22.5 Å². The molecule has 1 saturated heterocycles. The summed E-state index contributed by atoms with van der Waals surface area (Å²) in [5.74, 6) is 2.93. The highest BCUT2D eigenvalue weighted by Crippen LogP contribution is 2.35. The molecule has 2 N–H and O–H groups in total. The number of fused-ring (bicyclic) bond motifs is 1. The summed E-state index contributed by atoms with van der Waals surface area (Å²) in [7, 11) is 1.91. The Morgan fingerprint density at radius 1 is 1.23 bits per heavy atom. The lowest BCUT2D eigenvalue weighted by Gasteiger charge is -2.41. The molecule has 0 aromatic carbocycles. The average Bonchev–Trinajstić information content (AvgIpc) is 2.67. The fourth-order valence-corrected chi connectivity index (χ4v) is 5.28. The number of hydrogen-bond donors (Lipinski definition) is 2. The summed E-state index contributed by atoms with van der Waals surface area (Å²) in [6.07, 6.45) is 5.69. The van der Waals surface area contributed by atoms with Gasteiger partial charge in [0.05, 0.1) is 11.7 Å². The molecule has 2 amide bonds. The number of anilines is 3. The lowest BCUT2D eigenvalue weighted by atomic mass is 9.78. The van der Waals surface area contributed by atoms with Gasteiger partial charge in [0.15, 0.2) is 5.82 Å². The number of aromatic nitrogens is 2. The second-order valence-electron chi connectivity index (χ2n) is 9.99. The van der Waals surface area contributed by atoms with Crippen LogP contribution < -0.4 is 15.5 Å². The molecule has 8 nitrogen and oxygen atoms in total. The topological polar surface area (TPSA) is 90.5 Å². The van der Waals surface area contributed by atoms with Crippen LogP contribution in [0.5, 0.6) is 0 Å². The SMILES string of the molecule is Cc1nc(NC2CN(C(=O)CC3CCCCC3C)C2)nc2c1NC(=O)C(C(C)C)N2C. The van der Waals surface area contributed by atoms with Crippen molar-refractivity contribution < 1.29 is 9.59 Å². The molecule has 3 aliphatic rings. The molecule has 170 valence electrons. The number of amides is 2. The van der Waals surface area contributed by atoms with Crippen molar-refractivity contribution in [2.75, 3.05) is 35.7 Å². The van der Waals surface area contributed by atoms with Crippen LogP contribution in [0.4, 0.5) is 17.5 Å². The third-order valence-corrected chi connectivity index (χ3v) is 7.26. The first kappa shape index (κ1) is 21.8. The number of aryl methyl sites for hydroxylation is 1. The molecular formula is C23H36N6O2. The first-order valence-electron chi connectivity index (χ1n) is 11.7. The normalized spacial score (nSPS) is 26.4. The Labute approximate surface area is 185 Å². The van der Waals surface area contributed by atoms with Gasteiger partial charge in [0.2, 0.25) is 17.8 Å². The maximum Gasteiger partial charge on any atom is 0.247 e. The lowest BCUT2D eigenvalue weighted by molar-refractivity contribution is -0.136. The largest absolute Gasteiger partial charge is 0.348 e. The Balaban J connectivity index is 1.36. The molecule has 0 bridgehead atoms. The first-order chi connectivity index (χ1) is 14.7. The van der Waals surface area contributed by atoms with E-state index in [4.69, 9.17) is 4.98 Å². The van der Waals surface area contributed by atoms with Crippen molar-refractivity contribution in [3.8, 4) is 0 Å². The van der Waals surface area contributed by atoms with E-state index in [1.807, 2.05) is 37.6 Å². The second kappa shape index (κ2) is 8.63. The van der Waals surface area contributed by atoms with E-state index in [1.165, 1.54) is 25.7 Å². The molecule has 1 saturated carbocycles. The maximum absolute atomic E-state index is 12.7. The van der Waals surface area contributed by atoms with Crippen molar-refractivity contribution in [2.24, 2.45) is 17.8 Å². The molecule has 0 radical (unpaired) electrons. The van der Waals surface area contributed by atoms with Crippen LogP contribution in [0.2, 0.25) is 0 Å². The molecule has 0 spiro atoms. The molecule has 3 heterocycles. The summed E-state index contributed by atoms with van der Waals surface area (Å²) >= 11 is 0. The smallest absolute Gasteiger partial charge is 0.247 e. The van der Waals surface area contributed by atoms with E-state index in [1.54, 1.807) is 0 Å². The third kappa shape index (κ3) is 4.34. The summed E-state index contributed by atoms with van der Waals surface area (Å²) in [5, 5.41) is 6.36. The quantitative estimate of drug-likeness (QED) is 0.749. The minimum Gasteiger partial charge on any atom is -0.348 e. The number of carbonyl (C=O) groups is 2. The molecule has 2 fully saturated rings. The summed E-state index contributed by atoms with van der Waals surface area (Å²) in [4.78, 5) is 38.3. The molecule has 2 aliphatic heterocycles. The zero-order valence-electron chi connectivity index (χ0n) is 19.4. The number of rotatable bonds is 5. The van der Waals surface area contributed by atoms with E-state index < -0.39 is 0 Å². The number of carbonyl (C=O) groups excluding carboxylic acids is 2. The van der Waals surface area contributed by atoms with Crippen LogP contribution in [-0.4, -0.2) is 58.9 Å². The van der Waals surface area contributed by atoms with E-state index in [0.29, 0.717) is 43.0 Å². The van der Waals surface area contributed by atoms with Crippen molar-refractivity contribution in [1.29, 1.82) is 0 Å². The van der Waals surface area contributed by atoms with Gasteiger partial charge in [-0.15, -0.1) is 0 Å². The van der Waals surface area contributed by atoms with Gasteiger partial charge in [0.25, 0.3) is 0 Å². The summed E-state index contributed by atoms with van der Waals surface area (Å²) in [6, 6.07) is -0.0943. The van der Waals surface area contributed by atoms with Gasteiger partial charge in [-0.2, -0.15) is 4.98 Å². The van der Waals surface area contributed by atoms with Crippen LogP contribution >= 0.6 is 0 Å². The highest BCUT2D eigenvalue weighted by atomic mass is 16.2. The van der Waals surface area contributed by atoms with Gasteiger partial charge < -0.3 is 20.4 Å². The highest BCUT2D eigenvalue weighted by Gasteiger charge is 2.37. The molecule has 3 atom stereocenters. The first-order valence-corrected chi connectivity index (χ1v) is 11.7. The number of likely N-dealkylation sites (N-methyl/N-ethyl adjacent to an activating group) is 1. The Morgan fingerprint density at radius 2 is 1.94 bits per heavy atom. The van der Waals surface area contributed by atoms with Gasteiger partial charge in [-0.3, -0.25) is 9.59 Å². The molecule has 1 aliphatic carbocycles. The van der Waals surface area contributed by atoms with Crippen molar-refractivity contribution in [3.63, 3.8) is 0 Å². The molecule has 3 unspecified atom stereocenters. The lowest BCUT2D eigenvalue weighted by Crippen LogP contribution is -2.57. The van der Waals surface area contributed by atoms with Gasteiger partial charge in [0, 0.05) is 26.6 Å². The summed E-state index contributed by atoms with van der Waals surface area (Å²) in [5.41, 5.74) is 1.43. The van der Waals surface area contributed by atoms with Crippen molar-refractivity contribution in [2.45, 2.75) is 71.9 Å². The van der Waals surface area contributed by atoms with E-state index in [-0.39, 0.29) is 29.8 Å². The van der Waals surface area contributed by atoms with Crippen LogP contribution in [-0.2, 0) is 9.59 Å². The minimum absolute atomic E-state index is 0.0159. The monoisotopic (exact) mass is 428 g/mol. The van der Waals surface area contributed by atoms with E-state index in [9.17, 15) is 9.59 Å². The van der Waals surface area contributed by atoms with Gasteiger partial charge in [-0.05, 0) is 31.1 Å². The van der Waals surface area contributed by atoms with E-state index in [0.717, 1.165) is 11.5 Å². The highest BCUT2D eigenvalue weighted by molar-refractivity contribution is 6.03. The van der Waals surface area contributed by atoms with Crippen molar-refractivity contribution in [1.82, 2.24) is 14.9 Å². The fourth-order valence-electron chi connectivity index (χ4n) is 5.28. The second-order valence-corrected chi connectivity index (χ2v) is 9.99. The number of nitrogens with one attached hydrogen (secondary N) is 2. The van der Waals surface area contributed by atoms with Gasteiger partial charge in [-0.1, -0.05) is 40.0 Å².